The molecular formula is C9H12N2. The molecule has 0 aromatic carbocycles. The van der Waals surface area contributed by atoms with Gasteiger partial charge >= 0.3 is 0 Å². The van der Waals surface area contributed by atoms with Crippen molar-refractivity contribution in [1.82, 2.24) is 9.97 Å². The number of H-pyrrole nitrogens is 1. The molecule has 0 amide bonds. The lowest BCUT2D eigenvalue weighted by molar-refractivity contribution is 1.25. The molecule has 0 bridgehead atoms. The molecule has 0 saturated heterocycles. The van der Waals surface area contributed by atoms with Crippen LogP contribution in [0.3, 0.4) is 0 Å². The number of aromatic amines is 1. The van der Waals surface area contributed by atoms with E-state index in [-0.39, 0.29) is 7.43 Å². The number of nitrogens with one attached hydrogen (secondary N) is 1. The van der Waals surface area contributed by atoms with Gasteiger partial charge in [-0.2, -0.15) is 0 Å². The summed E-state index contributed by atoms with van der Waals surface area (Å²) >= 11 is 0. The van der Waals surface area contributed by atoms with Crippen molar-refractivity contribution < 1.29 is 0 Å². The maximum atomic E-state index is 4.15. The quantitative estimate of drug-likeness (QED) is 0.611. The van der Waals surface area contributed by atoms with Crippen LogP contribution in [0.2, 0.25) is 0 Å². The topological polar surface area (TPSA) is 28.7 Å². The number of aromatic nitrogens is 2. The molecule has 0 spiro atoms. The van der Waals surface area contributed by atoms with Crippen molar-refractivity contribution >= 4 is 11.0 Å². The van der Waals surface area contributed by atoms with Gasteiger partial charge in [0.15, 0.2) is 0 Å². The Kier molecular flexibility index (Phi) is 1.94. The van der Waals surface area contributed by atoms with Gasteiger partial charge in [0.25, 0.3) is 0 Å². The van der Waals surface area contributed by atoms with Gasteiger partial charge in [0, 0.05) is 17.3 Å². The summed E-state index contributed by atoms with van der Waals surface area (Å²) in [4.78, 5) is 7.29. The van der Waals surface area contributed by atoms with Crippen molar-refractivity contribution in [2.24, 2.45) is 0 Å². The van der Waals surface area contributed by atoms with E-state index in [4.69, 9.17) is 0 Å². The number of fused-ring (bicyclic) bond motifs is 1. The first-order valence-electron chi connectivity index (χ1n) is 3.26. The van der Waals surface area contributed by atoms with Gasteiger partial charge in [0.2, 0.25) is 0 Å². The molecule has 0 atom stereocenters. The van der Waals surface area contributed by atoms with Gasteiger partial charge in [-0.1, -0.05) is 7.43 Å². The largest absolute Gasteiger partial charge is 0.344 e. The van der Waals surface area contributed by atoms with Crippen molar-refractivity contribution in [3.05, 3.63) is 30.1 Å². The molecule has 1 N–H and O–H groups in total. The number of rotatable bonds is 0. The zero-order valence-electron chi connectivity index (χ0n) is 5.76. The predicted molar refractivity (Wildman–Crippen MR) is 47.6 cm³/mol. The second-order valence-electron chi connectivity index (χ2n) is 2.39. The summed E-state index contributed by atoms with van der Waals surface area (Å²) in [7, 11) is 0. The van der Waals surface area contributed by atoms with E-state index in [1.54, 1.807) is 6.20 Å². The van der Waals surface area contributed by atoms with Gasteiger partial charge in [0.05, 0.1) is 0 Å². The van der Waals surface area contributed by atoms with E-state index in [9.17, 15) is 0 Å². The van der Waals surface area contributed by atoms with Gasteiger partial charge in [-0.3, -0.25) is 0 Å². The fourth-order valence-electron chi connectivity index (χ4n) is 1.09. The summed E-state index contributed by atoms with van der Waals surface area (Å²) in [6.07, 6.45) is 1.79. The van der Waals surface area contributed by atoms with Crippen LogP contribution in [-0.2, 0) is 0 Å². The third-order valence-corrected chi connectivity index (χ3v) is 1.53. The zero-order chi connectivity index (χ0) is 6.97. The van der Waals surface area contributed by atoms with Crippen LogP contribution in [0.15, 0.2) is 24.4 Å². The summed E-state index contributed by atoms with van der Waals surface area (Å²) in [5, 5.41) is 1.18. The third-order valence-electron chi connectivity index (χ3n) is 1.53. The van der Waals surface area contributed by atoms with Crippen molar-refractivity contribution in [3.63, 3.8) is 0 Å². The standard InChI is InChI=1S/C8H8N2.CH4/c1-6-5-7-3-2-4-9-8(7)10-6;/h2-5H,1H3,(H,9,10);1H4. The molecule has 11 heavy (non-hydrogen) atoms. The maximum Gasteiger partial charge on any atom is 0.137 e. The van der Waals surface area contributed by atoms with E-state index in [1.165, 1.54) is 5.39 Å². The van der Waals surface area contributed by atoms with Gasteiger partial charge < -0.3 is 4.98 Å². The van der Waals surface area contributed by atoms with E-state index in [0.717, 1.165) is 11.3 Å². The molecule has 0 unspecified atom stereocenters. The highest BCUT2D eigenvalue weighted by Crippen LogP contribution is 2.10. The Labute approximate surface area is 66.3 Å². The molecule has 2 heterocycles. The molecule has 2 heteroatoms. The number of nitrogens with zero attached hydrogens (tertiary/aromatic N) is 1. The fourth-order valence-corrected chi connectivity index (χ4v) is 1.09. The monoisotopic (exact) mass is 148 g/mol. The highest BCUT2D eigenvalue weighted by Gasteiger charge is 1.93. The molecule has 58 valence electrons. The second kappa shape index (κ2) is 2.74. The van der Waals surface area contributed by atoms with Crippen LogP contribution in [-0.4, -0.2) is 9.97 Å². The Morgan fingerprint density at radius 2 is 2.27 bits per heavy atom. The van der Waals surface area contributed by atoms with E-state index >= 15 is 0 Å². The van der Waals surface area contributed by atoms with Crippen LogP contribution < -0.4 is 0 Å². The first kappa shape index (κ1) is 7.79. The average Bonchev–Trinajstić information content (AvgIpc) is 2.27. The van der Waals surface area contributed by atoms with Gasteiger partial charge in [-0.15, -0.1) is 0 Å². The second-order valence-corrected chi connectivity index (χ2v) is 2.39. The zero-order valence-corrected chi connectivity index (χ0v) is 5.76. The molecule has 0 fully saturated rings. The van der Waals surface area contributed by atoms with Crippen LogP contribution in [0, 0.1) is 6.92 Å². The highest BCUT2D eigenvalue weighted by molar-refractivity contribution is 5.75. The van der Waals surface area contributed by atoms with E-state index < -0.39 is 0 Å². The summed E-state index contributed by atoms with van der Waals surface area (Å²) in [6.45, 7) is 2.03. The SMILES string of the molecule is C.Cc1cc2cccnc2[nH]1. The molecule has 2 rings (SSSR count). The van der Waals surface area contributed by atoms with Crippen LogP contribution in [0.25, 0.3) is 11.0 Å². The van der Waals surface area contributed by atoms with Crippen LogP contribution in [0.4, 0.5) is 0 Å². The lowest BCUT2D eigenvalue weighted by atomic mass is 10.3. The summed E-state index contributed by atoms with van der Waals surface area (Å²) in [5.41, 5.74) is 2.13. The van der Waals surface area contributed by atoms with E-state index in [1.807, 2.05) is 19.1 Å². The average molecular weight is 148 g/mol. The molecule has 2 aromatic heterocycles. The molecule has 0 aliphatic carbocycles. The minimum Gasteiger partial charge on any atom is -0.344 e. The predicted octanol–water partition coefficient (Wildman–Crippen LogP) is 2.51. The molecule has 2 aromatic rings. The first-order valence-corrected chi connectivity index (χ1v) is 3.26. The van der Waals surface area contributed by atoms with Crippen molar-refractivity contribution in [3.8, 4) is 0 Å². The lowest BCUT2D eigenvalue weighted by Gasteiger charge is -1.82. The molecule has 0 saturated carbocycles. The first-order chi connectivity index (χ1) is 4.86. The Hall–Kier alpha value is -1.31. The molecule has 0 aliphatic rings. The van der Waals surface area contributed by atoms with Crippen LogP contribution >= 0.6 is 0 Å². The fraction of sp³-hybridized carbons (Fsp3) is 0.222. The smallest absolute Gasteiger partial charge is 0.137 e. The lowest BCUT2D eigenvalue weighted by Crippen LogP contribution is -1.72. The van der Waals surface area contributed by atoms with Gasteiger partial charge in [-0.25, -0.2) is 4.98 Å². The summed E-state index contributed by atoms with van der Waals surface area (Å²) in [6, 6.07) is 6.07. The highest BCUT2D eigenvalue weighted by atomic mass is 14.8. The number of aryl methyl sites for hydroxylation is 1. The minimum atomic E-state index is 0. The van der Waals surface area contributed by atoms with Crippen molar-refractivity contribution in [1.29, 1.82) is 0 Å². The van der Waals surface area contributed by atoms with Crippen molar-refractivity contribution in [2.45, 2.75) is 14.4 Å². The maximum absolute atomic E-state index is 4.15. The van der Waals surface area contributed by atoms with E-state index in [2.05, 4.69) is 16.0 Å². The minimum absolute atomic E-state index is 0. The Morgan fingerprint density at radius 3 is 3.00 bits per heavy atom. The summed E-state index contributed by atoms with van der Waals surface area (Å²) in [5.74, 6) is 0. The van der Waals surface area contributed by atoms with Crippen molar-refractivity contribution in [2.75, 3.05) is 0 Å². The number of pyridine rings is 1. The Balaban J connectivity index is 0.000000605. The van der Waals surface area contributed by atoms with Crippen LogP contribution in [0.1, 0.15) is 13.1 Å². The van der Waals surface area contributed by atoms with Gasteiger partial charge in [0.1, 0.15) is 5.65 Å². The van der Waals surface area contributed by atoms with Gasteiger partial charge in [-0.05, 0) is 25.1 Å². The van der Waals surface area contributed by atoms with E-state index in [0.29, 0.717) is 0 Å². The molecular weight excluding hydrogens is 136 g/mol. The third kappa shape index (κ3) is 1.24. The summed E-state index contributed by atoms with van der Waals surface area (Å²) < 4.78 is 0. The van der Waals surface area contributed by atoms with Crippen LogP contribution in [0.5, 0.6) is 0 Å². The Morgan fingerprint density at radius 1 is 1.45 bits per heavy atom. The normalized spacial score (nSPS) is 9.55. The number of hydrogen-bond acceptors (Lipinski definition) is 1. The molecule has 0 radical (unpaired) electrons. The molecule has 2 nitrogen and oxygen atoms in total. The Bertz CT molecular complexity index is 316. The number of hydrogen-bond donors (Lipinski definition) is 1. The molecule has 0 aliphatic heterocycles.